The van der Waals surface area contributed by atoms with Crippen molar-refractivity contribution in [1.82, 2.24) is 44.9 Å². The molecule has 0 radical (unpaired) electrons. The van der Waals surface area contributed by atoms with Crippen LogP contribution in [0.4, 0.5) is 23.0 Å². The molecule has 3 N–H and O–H groups in total. The highest BCUT2D eigenvalue weighted by Gasteiger charge is 2.16. The van der Waals surface area contributed by atoms with E-state index in [0.29, 0.717) is 55.9 Å². The van der Waals surface area contributed by atoms with E-state index >= 15 is 0 Å². The van der Waals surface area contributed by atoms with Crippen LogP contribution in [0.15, 0.2) is 141 Å². The number of carboxylic acid groups (broad SMARTS) is 1. The lowest BCUT2D eigenvalue weighted by molar-refractivity contribution is 0.0592. The molecule has 0 aliphatic rings. The normalized spacial score (nSPS) is 10.6. The van der Waals surface area contributed by atoms with E-state index in [-0.39, 0.29) is 10.7 Å². The topological polar surface area (TPSA) is 230 Å². The number of halogens is 1. The van der Waals surface area contributed by atoms with Crippen molar-refractivity contribution < 1.29 is 29.0 Å². The van der Waals surface area contributed by atoms with E-state index in [0.717, 1.165) is 54.8 Å². The van der Waals surface area contributed by atoms with Crippen LogP contribution in [0, 0.1) is 24.7 Å². The smallest absolute Gasteiger partial charge is 0.337 e. The third kappa shape index (κ3) is 9.72. The molecule has 0 saturated heterocycles. The number of carbonyl (C=O) groups is 3. The first-order chi connectivity index (χ1) is 35.0. The zero-order valence-electron chi connectivity index (χ0n) is 37.8. The van der Waals surface area contributed by atoms with Gasteiger partial charge in [-0.15, -0.1) is 12.8 Å². The molecule has 11 rings (SSSR count). The number of hydrogen-bond acceptors (Lipinski definition) is 16. The monoisotopic (exact) mass is 967 g/mol. The molecule has 0 amide bonds. The molecule has 348 valence electrons. The van der Waals surface area contributed by atoms with Gasteiger partial charge in [-0.1, -0.05) is 53.8 Å². The summed E-state index contributed by atoms with van der Waals surface area (Å²) in [7, 11) is 2.68. The van der Waals surface area contributed by atoms with Crippen LogP contribution in [-0.2, 0) is 9.47 Å². The predicted molar refractivity (Wildman–Crippen MR) is 274 cm³/mol. The molecule has 6 heterocycles. The first kappa shape index (κ1) is 46.9. The Bertz CT molecular complexity index is 4070. The van der Waals surface area contributed by atoms with Crippen molar-refractivity contribution in [3.05, 3.63) is 174 Å². The summed E-state index contributed by atoms with van der Waals surface area (Å²) in [6.07, 6.45) is 20.4. The van der Waals surface area contributed by atoms with E-state index in [1.54, 1.807) is 61.1 Å². The van der Waals surface area contributed by atoms with E-state index < -0.39 is 17.9 Å². The maximum atomic E-state index is 11.9. The number of carboxylic acids is 1. The number of anilines is 4. The fourth-order valence-electron chi connectivity index (χ4n) is 7.63. The predicted octanol–water partition coefficient (Wildman–Crippen LogP) is 9.91. The summed E-state index contributed by atoms with van der Waals surface area (Å²) in [6, 6.07) is 29.9. The minimum atomic E-state index is -1.01. The molecule has 0 aliphatic carbocycles. The molecule has 0 bridgehead atoms. The molecule has 0 spiro atoms. The zero-order valence-corrected chi connectivity index (χ0v) is 38.6. The number of ether oxygens (including phenoxy) is 2. The summed E-state index contributed by atoms with van der Waals surface area (Å²) in [5.74, 6) is 4.42. The van der Waals surface area contributed by atoms with E-state index in [1.165, 1.54) is 39.3 Å². The van der Waals surface area contributed by atoms with Gasteiger partial charge in [0.1, 0.15) is 35.5 Å². The number of nitrogens with zero attached hydrogens (tertiary/aromatic N) is 9. The van der Waals surface area contributed by atoms with Crippen LogP contribution in [0.3, 0.4) is 0 Å². The highest BCUT2D eigenvalue weighted by atomic mass is 35.5. The molecule has 0 saturated carbocycles. The Morgan fingerprint density at radius 1 is 0.528 bits per heavy atom. The van der Waals surface area contributed by atoms with Crippen LogP contribution >= 0.6 is 11.6 Å². The first-order valence-electron chi connectivity index (χ1n) is 21.4. The number of aromatic nitrogens is 9. The van der Waals surface area contributed by atoms with Crippen molar-refractivity contribution >= 4 is 118 Å². The van der Waals surface area contributed by atoms with Crippen molar-refractivity contribution in [1.29, 1.82) is 0 Å². The van der Waals surface area contributed by atoms with Crippen LogP contribution in [0.5, 0.6) is 0 Å². The quantitative estimate of drug-likeness (QED) is 0.0584. The third-order valence-corrected chi connectivity index (χ3v) is 11.3. The molecule has 0 aliphatic heterocycles. The van der Waals surface area contributed by atoms with E-state index in [4.69, 9.17) is 29.2 Å². The van der Waals surface area contributed by atoms with Gasteiger partial charge in [-0.3, -0.25) is 0 Å². The van der Waals surface area contributed by atoms with Crippen LogP contribution < -0.4 is 10.6 Å². The van der Waals surface area contributed by atoms with Gasteiger partial charge in [-0.25, -0.2) is 59.2 Å². The van der Waals surface area contributed by atoms with Crippen LogP contribution in [0.2, 0.25) is 5.15 Å². The fraction of sp³-hybridized carbons (Fsp3) is 0.0370. The molecule has 6 aromatic heterocycles. The minimum absolute atomic E-state index is 0.168. The highest BCUT2D eigenvalue weighted by molar-refractivity contribution is 6.35. The Morgan fingerprint density at radius 3 is 1.36 bits per heavy atom. The van der Waals surface area contributed by atoms with Crippen molar-refractivity contribution in [2.45, 2.75) is 0 Å². The standard InChI is InChI=1S/C21H14N4O2.C20H12N4O2.C13H8ClN3O2/c1-3-13-5-4-6-15(9-13)24-20-19-17(11-22-12-23-19)16-8-7-14(21(26)27-2)10-18(16)25-20;1-2-12-4-3-5-14(8-12)23-19-18-16(10-21-11-22-18)15-7-6-13(20(25)26)9-17(15)24-19;1-19-13(18)7-2-3-8-9-5-15-6-16-11(9)12(14)17-10(8)4-7/h1,4-12H,2H3,(H,24,25);1,3-11H,(H,23,24)(H,25,26);2-6H,1H3. The van der Waals surface area contributed by atoms with Crippen LogP contribution in [0.25, 0.3) is 65.4 Å². The molecular weight excluding hydrogens is 934 g/mol. The maximum absolute atomic E-state index is 11.9. The largest absolute Gasteiger partial charge is 0.478 e. The molecule has 18 heteroatoms. The van der Waals surface area contributed by atoms with Gasteiger partial charge >= 0.3 is 17.9 Å². The van der Waals surface area contributed by atoms with E-state index in [1.807, 2.05) is 54.6 Å². The number of pyridine rings is 3. The number of aromatic carboxylic acids is 1. The number of carbonyl (C=O) groups excluding carboxylic acids is 2. The zero-order chi connectivity index (χ0) is 50.3. The fourth-order valence-corrected chi connectivity index (χ4v) is 7.87. The van der Waals surface area contributed by atoms with Gasteiger partial charge in [0.15, 0.2) is 16.8 Å². The van der Waals surface area contributed by atoms with Crippen molar-refractivity contribution in [2.75, 3.05) is 24.9 Å². The van der Waals surface area contributed by atoms with Crippen LogP contribution in [-0.4, -0.2) is 82.1 Å². The van der Waals surface area contributed by atoms with Gasteiger partial charge < -0.3 is 25.2 Å². The molecule has 72 heavy (non-hydrogen) atoms. The summed E-state index contributed by atoms with van der Waals surface area (Å²) in [5.41, 5.74) is 7.77. The molecule has 0 unspecified atom stereocenters. The van der Waals surface area contributed by atoms with Gasteiger partial charge in [-0.2, -0.15) is 0 Å². The first-order valence-corrected chi connectivity index (χ1v) is 21.8. The average Bonchev–Trinajstić information content (AvgIpc) is 3.42. The lowest BCUT2D eigenvalue weighted by atomic mass is 10.1. The Morgan fingerprint density at radius 2 is 0.931 bits per heavy atom. The summed E-state index contributed by atoms with van der Waals surface area (Å²) in [4.78, 5) is 73.1. The molecule has 0 atom stereocenters. The maximum Gasteiger partial charge on any atom is 0.337 e. The number of nitrogens with one attached hydrogen (secondary N) is 2. The molecule has 11 aromatic rings. The SMILES string of the molecule is C#Cc1cccc(Nc2nc3cc(C(=O)O)ccc3c3cncnc23)c1.C#Cc1cccc(Nc2nc3cc(C(=O)OC)ccc3c3cncnc23)c1.COC(=O)c1ccc2c(c1)nc(Cl)c1ncncc12. The van der Waals surface area contributed by atoms with E-state index in [2.05, 4.69) is 72.1 Å². The van der Waals surface area contributed by atoms with Crippen molar-refractivity contribution in [2.24, 2.45) is 0 Å². The minimum Gasteiger partial charge on any atom is -0.478 e. The number of methoxy groups -OCH3 is 2. The summed E-state index contributed by atoms with van der Waals surface area (Å²) >= 11 is 6.08. The van der Waals surface area contributed by atoms with Crippen molar-refractivity contribution in [3.8, 4) is 24.7 Å². The number of rotatable bonds is 7. The summed E-state index contributed by atoms with van der Waals surface area (Å²) in [5, 5.41) is 20.9. The highest BCUT2D eigenvalue weighted by Crippen LogP contribution is 2.32. The number of fused-ring (bicyclic) bond motifs is 9. The van der Waals surface area contributed by atoms with Gasteiger partial charge in [0, 0.05) is 73.4 Å². The second kappa shape index (κ2) is 20.6. The molecule has 0 fully saturated rings. The molecular formula is C54H34ClN11O6. The Balaban J connectivity index is 0.000000135. The third-order valence-electron chi connectivity index (χ3n) is 11.0. The lowest BCUT2D eigenvalue weighted by Crippen LogP contribution is -2.02. The second-order valence-electron chi connectivity index (χ2n) is 15.4. The average molecular weight is 968 g/mol. The van der Waals surface area contributed by atoms with Gasteiger partial charge in [0.2, 0.25) is 0 Å². The number of esters is 2. The number of hydrogen-bond donors (Lipinski definition) is 3. The molecule has 5 aromatic carbocycles. The molecule has 17 nitrogen and oxygen atoms in total. The van der Waals surface area contributed by atoms with Gasteiger partial charge in [-0.05, 0) is 72.8 Å². The Hall–Kier alpha value is -10.2. The van der Waals surface area contributed by atoms with Gasteiger partial charge in [0.05, 0.1) is 47.5 Å². The number of benzene rings is 5. The second-order valence-corrected chi connectivity index (χ2v) is 15.7. The summed E-state index contributed by atoms with van der Waals surface area (Å²) < 4.78 is 9.48. The lowest BCUT2D eigenvalue weighted by Gasteiger charge is -2.11. The Kier molecular flexibility index (Phi) is 13.4. The van der Waals surface area contributed by atoms with Gasteiger partial charge in [0.25, 0.3) is 0 Å². The van der Waals surface area contributed by atoms with Crippen molar-refractivity contribution in [3.63, 3.8) is 0 Å². The van der Waals surface area contributed by atoms with E-state index in [9.17, 15) is 19.5 Å². The Labute approximate surface area is 413 Å². The summed E-state index contributed by atoms with van der Waals surface area (Å²) in [6.45, 7) is 0. The van der Waals surface area contributed by atoms with Crippen LogP contribution in [0.1, 0.15) is 42.2 Å². The number of terminal acetylenes is 2.